The van der Waals surface area contributed by atoms with Crippen LogP contribution in [-0.2, 0) is 7.05 Å². The van der Waals surface area contributed by atoms with Crippen LogP contribution in [0.2, 0.25) is 0 Å². The van der Waals surface area contributed by atoms with Crippen LogP contribution in [0.25, 0.3) is 44.4 Å². The van der Waals surface area contributed by atoms with Gasteiger partial charge in [0.15, 0.2) is 16.1 Å². The van der Waals surface area contributed by atoms with E-state index in [0.29, 0.717) is 0 Å². The Labute approximate surface area is 396 Å². The molecule has 0 aliphatic carbocycles. The molecule has 322 valence electrons. The van der Waals surface area contributed by atoms with Crippen LogP contribution in [0.4, 0.5) is 17.2 Å². The summed E-state index contributed by atoms with van der Waals surface area (Å²) < 4.78 is 8.98. The Morgan fingerprint density at radius 1 is 0.485 bits per heavy atom. The van der Waals surface area contributed by atoms with E-state index >= 15 is 0 Å². The smallest absolute Gasteiger partial charge is 0.186 e. The molecule has 0 N–H and O–H groups in total. The monoisotopic (exact) mass is 904 g/mol. The number of hydrogen-bond acceptors (Lipinski definition) is 4. The third-order valence-corrected chi connectivity index (χ3v) is 23.8. The van der Waals surface area contributed by atoms with Crippen LogP contribution in [0.5, 0.6) is 0 Å². The molecule has 0 amide bonds. The van der Waals surface area contributed by atoms with E-state index in [9.17, 15) is 0 Å². The van der Waals surface area contributed by atoms with E-state index in [2.05, 4.69) is 259 Å². The van der Waals surface area contributed by atoms with Gasteiger partial charge in [-0.1, -0.05) is 200 Å². The van der Waals surface area contributed by atoms with Crippen molar-refractivity contribution in [1.82, 2.24) is 14.5 Å². The molecule has 1 aliphatic rings. The first-order valence-electron chi connectivity index (χ1n) is 23.2. The molecule has 0 saturated heterocycles. The number of aryl methyl sites for hydroxylation is 1. The minimum absolute atomic E-state index is 0.852. The average Bonchev–Trinajstić information content (AvgIpc) is 3.97. The van der Waals surface area contributed by atoms with Crippen LogP contribution in [0.15, 0.2) is 253 Å². The maximum atomic E-state index is 6.77. The molecule has 12 aromatic rings. The highest BCUT2D eigenvalue weighted by Gasteiger charge is 2.51. The standard InChI is InChI=1S/C61H44N4OSi2/c1-64-53-35-16-15-34-52(53)63-60(64)43-21-18-31-49(41-43)67(45-23-6-2-7-24-45,46-25-8-3-9-26-46)50-32-19-22-44(42-50)65-59-56(39-38-55-58(59)51-33-14-17-36-54(51)66-55)68(47-27-10-4-11-28-47,48-29-12-5-13-30-48)57-37-20-40-62-61(57)65/h2-42H,1H3. The highest BCUT2D eigenvalue weighted by Crippen LogP contribution is 2.44. The van der Waals surface area contributed by atoms with E-state index in [0.717, 1.165) is 61.6 Å². The third kappa shape index (κ3) is 5.86. The zero-order valence-corrected chi connectivity index (χ0v) is 39.4. The first-order chi connectivity index (χ1) is 33.7. The van der Waals surface area contributed by atoms with Crippen LogP contribution < -0.4 is 46.4 Å². The van der Waals surface area contributed by atoms with Gasteiger partial charge in [-0.3, -0.25) is 4.90 Å². The number of fused-ring (bicyclic) bond motifs is 7. The fourth-order valence-corrected chi connectivity index (χ4v) is 21.3. The average molecular weight is 905 g/mol. The molecular formula is C61H44N4OSi2. The van der Waals surface area contributed by atoms with Gasteiger partial charge in [-0.2, -0.15) is 0 Å². The predicted octanol–water partition coefficient (Wildman–Crippen LogP) is 9.07. The van der Waals surface area contributed by atoms with Crippen LogP contribution in [-0.4, -0.2) is 30.7 Å². The Kier molecular flexibility index (Phi) is 9.35. The Morgan fingerprint density at radius 3 is 1.79 bits per heavy atom. The van der Waals surface area contributed by atoms with Gasteiger partial charge in [0.2, 0.25) is 0 Å². The van der Waals surface area contributed by atoms with Crippen molar-refractivity contribution in [3.05, 3.63) is 249 Å². The Hall–Kier alpha value is -8.37. The summed E-state index contributed by atoms with van der Waals surface area (Å²) in [5.74, 6) is 1.88. The second kappa shape index (κ2) is 15.9. The normalized spacial score (nSPS) is 13.2. The minimum Gasteiger partial charge on any atom is -0.456 e. The Morgan fingerprint density at radius 2 is 1.09 bits per heavy atom. The van der Waals surface area contributed by atoms with E-state index in [1.807, 2.05) is 6.20 Å². The van der Waals surface area contributed by atoms with Crippen molar-refractivity contribution in [3.8, 4) is 11.4 Å². The maximum Gasteiger partial charge on any atom is 0.186 e. The van der Waals surface area contributed by atoms with E-state index in [1.54, 1.807) is 0 Å². The van der Waals surface area contributed by atoms with Crippen LogP contribution >= 0.6 is 0 Å². The summed E-state index contributed by atoms with van der Waals surface area (Å²) in [5, 5.41) is 12.5. The quantitative estimate of drug-likeness (QED) is 0.113. The molecule has 5 nitrogen and oxygen atoms in total. The second-order valence-corrected chi connectivity index (χ2v) is 25.3. The van der Waals surface area contributed by atoms with E-state index in [4.69, 9.17) is 14.4 Å². The van der Waals surface area contributed by atoms with Gasteiger partial charge < -0.3 is 8.98 Å². The number of furan rings is 1. The number of pyridine rings is 1. The van der Waals surface area contributed by atoms with Gasteiger partial charge in [0.05, 0.1) is 22.1 Å². The molecule has 7 heteroatoms. The van der Waals surface area contributed by atoms with Crippen molar-refractivity contribution in [2.24, 2.45) is 7.05 Å². The van der Waals surface area contributed by atoms with Crippen molar-refractivity contribution in [3.63, 3.8) is 0 Å². The zero-order valence-electron chi connectivity index (χ0n) is 37.4. The molecule has 3 aromatic heterocycles. The van der Waals surface area contributed by atoms with E-state index in [-0.39, 0.29) is 0 Å². The molecule has 0 fully saturated rings. The summed E-state index contributed by atoms with van der Waals surface area (Å²) in [6, 6.07) is 89.1. The highest BCUT2D eigenvalue weighted by molar-refractivity contribution is 7.21. The summed E-state index contributed by atoms with van der Waals surface area (Å²) >= 11 is 0. The molecule has 0 atom stereocenters. The number of aromatic nitrogens is 3. The van der Waals surface area contributed by atoms with Crippen LogP contribution in [0, 0.1) is 0 Å². The summed E-state index contributed by atoms with van der Waals surface area (Å²) in [6.45, 7) is 0. The molecule has 9 aromatic carbocycles. The lowest BCUT2D eigenvalue weighted by atomic mass is 10.1. The molecule has 0 saturated carbocycles. The van der Waals surface area contributed by atoms with Gasteiger partial charge in [0, 0.05) is 29.9 Å². The largest absolute Gasteiger partial charge is 0.456 e. The lowest BCUT2D eigenvalue weighted by Gasteiger charge is -2.44. The molecule has 0 bridgehead atoms. The zero-order chi connectivity index (χ0) is 45.2. The van der Waals surface area contributed by atoms with Crippen molar-refractivity contribution in [2.75, 3.05) is 4.90 Å². The lowest BCUT2D eigenvalue weighted by molar-refractivity contribution is 0.669. The first-order valence-corrected chi connectivity index (χ1v) is 27.2. The van der Waals surface area contributed by atoms with Gasteiger partial charge >= 0.3 is 0 Å². The molecule has 4 heterocycles. The number of nitrogens with zero attached hydrogens (tertiary/aromatic N) is 4. The van der Waals surface area contributed by atoms with Gasteiger partial charge in [0.1, 0.15) is 22.8 Å². The fraction of sp³-hybridized carbons (Fsp3) is 0.0164. The number of hydrogen-bond donors (Lipinski definition) is 0. The molecule has 13 rings (SSSR count). The SMILES string of the molecule is Cn1c(-c2cccc([Si](c3ccccc3)(c3ccccc3)c3cccc(N4c5ncccc5[Si](c5ccccc5)(c5ccccc5)c5ccc6oc7ccccc7c6c54)c3)c2)nc2ccccc21. The number of anilines is 3. The van der Waals surface area contributed by atoms with Crippen molar-refractivity contribution in [2.45, 2.75) is 0 Å². The molecular weight excluding hydrogens is 861 g/mol. The number of benzene rings is 9. The van der Waals surface area contributed by atoms with E-state index < -0.39 is 16.1 Å². The van der Waals surface area contributed by atoms with Gasteiger partial charge in [-0.25, -0.2) is 9.97 Å². The summed E-state index contributed by atoms with van der Waals surface area (Å²) in [7, 11) is -4.03. The van der Waals surface area contributed by atoms with Gasteiger partial charge in [-0.15, -0.1) is 0 Å². The molecule has 0 unspecified atom stereocenters. The number of para-hydroxylation sites is 3. The van der Waals surface area contributed by atoms with Crippen molar-refractivity contribution in [1.29, 1.82) is 0 Å². The molecule has 0 spiro atoms. The maximum absolute atomic E-state index is 6.77. The summed E-state index contributed by atoms with van der Waals surface area (Å²) in [6.07, 6.45) is 1.96. The Bertz CT molecular complexity index is 3750. The number of rotatable bonds is 8. The van der Waals surface area contributed by atoms with Gasteiger partial charge in [-0.05, 0) is 84.0 Å². The van der Waals surface area contributed by atoms with E-state index in [1.165, 1.54) is 41.5 Å². The summed E-state index contributed by atoms with van der Waals surface area (Å²) in [5.41, 5.74) is 7.05. The van der Waals surface area contributed by atoms with Crippen LogP contribution in [0.3, 0.4) is 0 Å². The lowest BCUT2D eigenvalue weighted by Crippen LogP contribution is -2.77. The minimum atomic E-state index is -3.11. The summed E-state index contributed by atoms with van der Waals surface area (Å²) in [4.78, 5) is 13.1. The predicted molar refractivity (Wildman–Crippen MR) is 287 cm³/mol. The topological polar surface area (TPSA) is 47.1 Å². The molecule has 68 heavy (non-hydrogen) atoms. The third-order valence-electron chi connectivity index (χ3n) is 14.3. The Balaban J connectivity index is 1.13. The van der Waals surface area contributed by atoms with Crippen LogP contribution in [0.1, 0.15) is 0 Å². The first kappa shape index (κ1) is 40.0. The molecule has 1 aliphatic heterocycles. The van der Waals surface area contributed by atoms with Gasteiger partial charge in [0.25, 0.3) is 0 Å². The highest BCUT2D eigenvalue weighted by atomic mass is 28.3. The fourth-order valence-electron chi connectivity index (χ4n) is 11.4. The number of imidazole rings is 1. The second-order valence-electron chi connectivity index (χ2n) is 17.7. The van der Waals surface area contributed by atoms with Crippen molar-refractivity contribution < 1.29 is 4.42 Å². The van der Waals surface area contributed by atoms with Crippen molar-refractivity contribution >= 4 is 108 Å². The molecule has 0 radical (unpaired) electrons.